The average Bonchev–Trinajstić information content (AvgIpc) is 3.40. The smallest absolute Gasteiger partial charge is 0.136 e. The van der Waals surface area contributed by atoms with Crippen LogP contribution < -0.4 is 5.32 Å². The number of nitrogens with one attached hydrogen (secondary N) is 1. The number of para-hydroxylation sites is 1. The van der Waals surface area contributed by atoms with Gasteiger partial charge in [0, 0.05) is 27.6 Å². The van der Waals surface area contributed by atoms with Gasteiger partial charge in [-0.15, -0.1) is 0 Å². The van der Waals surface area contributed by atoms with Gasteiger partial charge in [-0.1, -0.05) is 95.3 Å². The first-order valence-electron chi connectivity index (χ1n) is 13.8. The molecule has 39 heavy (non-hydrogen) atoms. The maximum atomic E-state index is 6.18. The zero-order valence-electron chi connectivity index (χ0n) is 23.2. The summed E-state index contributed by atoms with van der Waals surface area (Å²) in [6.07, 6.45) is 0. The third-order valence-electron chi connectivity index (χ3n) is 8.40. The molecule has 7 rings (SSSR count). The third-order valence-corrected chi connectivity index (χ3v) is 8.40. The molecule has 0 atom stereocenters. The lowest BCUT2D eigenvalue weighted by molar-refractivity contribution is 0.592. The lowest BCUT2D eigenvalue weighted by Gasteiger charge is -2.26. The van der Waals surface area contributed by atoms with Gasteiger partial charge in [0.15, 0.2) is 0 Å². The summed E-state index contributed by atoms with van der Waals surface area (Å²) in [5.41, 5.74) is 13.2. The highest BCUT2D eigenvalue weighted by Gasteiger charge is 2.35. The number of hydrogen-bond acceptors (Lipinski definition) is 2. The summed E-state index contributed by atoms with van der Waals surface area (Å²) in [5, 5.41) is 6.10. The van der Waals surface area contributed by atoms with E-state index >= 15 is 0 Å². The van der Waals surface area contributed by atoms with Crippen LogP contribution in [0.3, 0.4) is 0 Å². The monoisotopic (exact) mass is 507 g/mol. The van der Waals surface area contributed by atoms with Gasteiger partial charge in [-0.2, -0.15) is 0 Å². The zero-order valence-corrected chi connectivity index (χ0v) is 23.2. The Labute approximate surface area is 230 Å². The van der Waals surface area contributed by atoms with Crippen molar-refractivity contribution in [1.29, 1.82) is 0 Å². The molecule has 1 aliphatic rings. The molecule has 6 aromatic rings. The second-order valence-corrected chi connectivity index (χ2v) is 12.4. The summed E-state index contributed by atoms with van der Waals surface area (Å²) in [5.74, 6) is 0. The van der Waals surface area contributed by atoms with Crippen LogP contribution >= 0.6 is 0 Å². The molecule has 2 heteroatoms. The fourth-order valence-electron chi connectivity index (χ4n) is 6.30. The van der Waals surface area contributed by atoms with Gasteiger partial charge in [-0.05, 0) is 86.8 Å². The van der Waals surface area contributed by atoms with E-state index in [0.717, 1.165) is 38.9 Å². The van der Waals surface area contributed by atoms with Gasteiger partial charge >= 0.3 is 0 Å². The van der Waals surface area contributed by atoms with Crippen LogP contribution in [-0.4, -0.2) is 0 Å². The molecule has 0 amide bonds. The van der Waals surface area contributed by atoms with Crippen molar-refractivity contribution in [2.75, 3.05) is 5.32 Å². The molecule has 192 valence electrons. The molecule has 5 aromatic carbocycles. The number of hydrogen-bond donors (Lipinski definition) is 1. The molecule has 2 nitrogen and oxygen atoms in total. The van der Waals surface area contributed by atoms with Crippen LogP contribution in [0.4, 0.5) is 11.4 Å². The van der Waals surface area contributed by atoms with E-state index in [9.17, 15) is 0 Å². The Bertz CT molecular complexity index is 1900. The number of furan rings is 1. The highest BCUT2D eigenvalue weighted by molar-refractivity contribution is 6.05. The summed E-state index contributed by atoms with van der Waals surface area (Å²) in [6.45, 7) is 11.5. The van der Waals surface area contributed by atoms with Crippen LogP contribution in [0, 0.1) is 0 Å². The van der Waals surface area contributed by atoms with E-state index in [-0.39, 0.29) is 10.8 Å². The molecule has 0 bridgehead atoms. The van der Waals surface area contributed by atoms with Crippen LogP contribution in [0.5, 0.6) is 0 Å². The molecular formula is C37H33NO. The number of fused-ring (bicyclic) bond motifs is 6. The van der Waals surface area contributed by atoms with Crippen LogP contribution in [0.1, 0.15) is 51.3 Å². The molecule has 0 spiro atoms. The maximum Gasteiger partial charge on any atom is 0.136 e. The molecule has 0 saturated carbocycles. The highest BCUT2D eigenvalue weighted by atomic mass is 16.3. The minimum Gasteiger partial charge on any atom is -0.456 e. The van der Waals surface area contributed by atoms with Crippen molar-refractivity contribution >= 4 is 33.3 Å². The van der Waals surface area contributed by atoms with Gasteiger partial charge in [0.1, 0.15) is 11.2 Å². The Morgan fingerprint density at radius 2 is 1.31 bits per heavy atom. The van der Waals surface area contributed by atoms with Crippen LogP contribution in [-0.2, 0) is 10.8 Å². The van der Waals surface area contributed by atoms with Crippen molar-refractivity contribution in [3.63, 3.8) is 0 Å². The van der Waals surface area contributed by atoms with Gasteiger partial charge in [-0.3, -0.25) is 0 Å². The largest absolute Gasteiger partial charge is 0.456 e. The SMILES string of the molecule is CC(C)(C)c1cc(-c2ccc3c(c2)oc2ccccc23)ccc1Nc1ccc2c(c1)C(C)(C)c1ccccc1-2. The molecule has 1 aliphatic carbocycles. The Kier molecular flexibility index (Phi) is 5.09. The highest BCUT2D eigenvalue weighted by Crippen LogP contribution is 2.49. The van der Waals surface area contributed by atoms with Gasteiger partial charge in [0.05, 0.1) is 0 Å². The molecule has 1 aromatic heterocycles. The topological polar surface area (TPSA) is 25.2 Å². The number of benzene rings is 5. The van der Waals surface area contributed by atoms with Crippen LogP contribution in [0.25, 0.3) is 44.2 Å². The summed E-state index contributed by atoms with van der Waals surface area (Å²) >= 11 is 0. The molecule has 0 saturated heterocycles. The first-order valence-corrected chi connectivity index (χ1v) is 13.8. The van der Waals surface area contributed by atoms with Gasteiger partial charge < -0.3 is 9.73 Å². The van der Waals surface area contributed by atoms with Crippen LogP contribution in [0.2, 0.25) is 0 Å². The lowest BCUT2D eigenvalue weighted by Crippen LogP contribution is -2.16. The third kappa shape index (κ3) is 3.78. The molecular weight excluding hydrogens is 474 g/mol. The average molecular weight is 508 g/mol. The standard InChI is InChI=1S/C37H33NO/c1-36(2,3)32-20-23(24-14-17-29-28-11-7-9-13-34(28)39-35(29)21-24)15-19-33(32)38-25-16-18-27-26-10-6-8-12-30(26)37(4,5)31(27)22-25/h6-22,38H,1-5H3. The fourth-order valence-corrected chi connectivity index (χ4v) is 6.30. The zero-order chi connectivity index (χ0) is 26.9. The van der Waals surface area contributed by atoms with E-state index in [4.69, 9.17) is 4.42 Å². The minimum absolute atomic E-state index is 0.0182. The Morgan fingerprint density at radius 3 is 2.15 bits per heavy atom. The summed E-state index contributed by atoms with van der Waals surface area (Å²) < 4.78 is 6.18. The lowest BCUT2D eigenvalue weighted by atomic mass is 9.82. The van der Waals surface area contributed by atoms with Crippen molar-refractivity contribution in [1.82, 2.24) is 0 Å². The van der Waals surface area contributed by atoms with E-state index in [1.54, 1.807) is 0 Å². The van der Waals surface area contributed by atoms with E-state index < -0.39 is 0 Å². The first-order chi connectivity index (χ1) is 18.7. The van der Waals surface area contributed by atoms with E-state index in [1.165, 1.54) is 33.4 Å². The van der Waals surface area contributed by atoms with Gasteiger partial charge in [-0.25, -0.2) is 0 Å². The predicted octanol–water partition coefficient (Wildman–Crippen LogP) is 10.6. The second-order valence-electron chi connectivity index (χ2n) is 12.4. The number of rotatable bonds is 3. The molecule has 1 N–H and O–H groups in total. The van der Waals surface area contributed by atoms with E-state index in [1.807, 2.05) is 12.1 Å². The van der Waals surface area contributed by atoms with E-state index in [0.29, 0.717) is 0 Å². The van der Waals surface area contributed by atoms with Crippen molar-refractivity contribution in [2.24, 2.45) is 0 Å². The molecule has 0 fully saturated rings. The minimum atomic E-state index is -0.0337. The predicted molar refractivity (Wildman–Crippen MR) is 165 cm³/mol. The Hall–Kier alpha value is -4.30. The van der Waals surface area contributed by atoms with Crippen molar-refractivity contribution in [2.45, 2.75) is 45.4 Å². The molecule has 1 heterocycles. The Balaban J connectivity index is 1.27. The van der Waals surface area contributed by atoms with Gasteiger partial charge in [0.2, 0.25) is 0 Å². The summed E-state index contributed by atoms with van der Waals surface area (Å²) in [4.78, 5) is 0. The summed E-state index contributed by atoms with van der Waals surface area (Å²) in [6, 6.07) is 37.2. The van der Waals surface area contributed by atoms with E-state index in [2.05, 4.69) is 131 Å². The summed E-state index contributed by atoms with van der Waals surface area (Å²) in [7, 11) is 0. The first kappa shape index (κ1) is 23.8. The molecule has 0 aliphatic heterocycles. The Morgan fingerprint density at radius 1 is 0.615 bits per heavy atom. The van der Waals surface area contributed by atoms with Crippen molar-refractivity contribution in [3.8, 4) is 22.3 Å². The molecule has 0 radical (unpaired) electrons. The maximum absolute atomic E-state index is 6.18. The fraction of sp³-hybridized carbons (Fsp3) is 0.189. The van der Waals surface area contributed by atoms with Gasteiger partial charge in [0.25, 0.3) is 0 Å². The quantitative estimate of drug-likeness (QED) is 0.258. The van der Waals surface area contributed by atoms with Crippen LogP contribution in [0.15, 0.2) is 108 Å². The van der Waals surface area contributed by atoms with Crippen molar-refractivity contribution in [3.05, 3.63) is 120 Å². The normalized spacial score (nSPS) is 14.0. The number of anilines is 2. The molecule has 0 unspecified atom stereocenters. The second kappa shape index (κ2) is 8.35. The van der Waals surface area contributed by atoms with Crippen molar-refractivity contribution < 1.29 is 4.42 Å².